The van der Waals surface area contributed by atoms with Crippen LogP contribution >= 0.6 is 24.2 Å². The minimum absolute atomic E-state index is 0. The number of benzene rings is 2. The molecule has 2 nitrogen and oxygen atoms in total. The van der Waals surface area contributed by atoms with Gasteiger partial charge in [0.2, 0.25) is 0 Å². The van der Waals surface area contributed by atoms with Crippen LogP contribution in [0.5, 0.6) is 0 Å². The number of aliphatic hydroxyl groups is 1. The van der Waals surface area contributed by atoms with Crippen LogP contribution in [0, 0.1) is 0 Å². The Bertz CT molecular complexity index is 527. The zero-order chi connectivity index (χ0) is 14.4. The largest absolute Gasteiger partial charge is 0.395 e. The summed E-state index contributed by atoms with van der Waals surface area (Å²) in [6, 6.07) is 16.9. The van der Waals surface area contributed by atoms with Gasteiger partial charge in [-0.25, -0.2) is 0 Å². The second-order valence-electron chi connectivity index (χ2n) is 4.80. The molecule has 0 fully saturated rings. The van der Waals surface area contributed by atoms with Crippen LogP contribution in [0.1, 0.15) is 12.5 Å². The fourth-order valence-corrected chi connectivity index (χ4v) is 2.77. The third-order valence-corrected chi connectivity index (χ3v) is 4.08. The molecule has 21 heavy (non-hydrogen) atoms. The fourth-order valence-electron chi connectivity index (χ4n) is 2.11. The topological polar surface area (TPSA) is 46.2 Å². The van der Waals surface area contributed by atoms with Crippen molar-refractivity contribution < 1.29 is 5.11 Å². The highest BCUT2D eigenvalue weighted by Crippen LogP contribution is 2.24. The summed E-state index contributed by atoms with van der Waals surface area (Å²) >= 11 is 1.85. The molecule has 0 amide bonds. The van der Waals surface area contributed by atoms with Crippen LogP contribution in [0.4, 0.5) is 0 Å². The van der Waals surface area contributed by atoms with Gasteiger partial charge in [0.1, 0.15) is 0 Å². The van der Waals surface area contributed by atoms with Gasteiger partial charge in [0.25, 0.3) is 0 Å². The Morgan fingerprint density at radius 3 is 2.00 bits per heavy atom. The quantitative estimate of drug-likeness (QED) is 0.796. The van der Waals surface area contributed by atoms with Crippen LogP contribution in [-0.4, -0.2) is 23.5 Å². The first kappa shape index (κ1) is 18.1. The van der Waals surface area contributed by atoms with E-state index in [1.807, 2.05) is 11.8 Å². The molecule has 2 aromatic carbocycles. The number of aliphatic hydroxyl groups excluding tert-OH is 1. The van der Waals surface area contributed by atoms with Crippen molar-refractivity contribution in [2.24, 2.45) is 5.73 Å². The SMILES string of the molecule is CCSc1ccc(-c2ccc(CC(N)CO)cc2)cc1.Cl. The van der Waals surface area contributed by atoms with Gasteiger partial charge in [0, 0.05) is 10.9 Å². The summed E-state index contributed by atoms with van der Waals surface area (Å²) in [6.07, 6.45) is 0.711. The maximum absolute atomic E-state index is 8.97. The molecule has 2 rings (SSSR count). The van der Waals surface area contributed by atoms with E-state index in [0.717, 1.165) is 11.3 Å². The number of thioether (sulfide) groups is 1. The van der Waals surface area contributed by atoms with E-state index in [1.165, 1.54) is 16.0 Å². The van der Waals surface area contributed by atoms with Crippen molar-refractivity contribution >= 4 is 24.2 Å². The van der Waals surface area contributed by atoms with E-state index in [4.69, 9.17) is 10.8 Å². The van der Waals surface area contributed by atoms with Crippen molar-refractivity contribution in [1.82, 2.24) is 0 Å². The van der Waals surface area contributed by atoms with Crippen LogP contribution in [0.3, 0.4) is 0 Å². The Labute approximate surface area is 137 Å². The van der Waals surface area contributed by atoms with Gasteiger partial charge in [-0.2, -0.15) is 0 Å². The van der Waals surface area contributed by atoms with Crippen molar-refractivity contribution in [3.8, 4) is 11.1 Å². The molecular formula is C17H22ClNOS. The van der Waals surface area contributed by atoms with Crippen molar-refractivity contribution in [2.45, 2.75) is 24.3 Å². The summed E-state index contributed by atoms with van der Waals surface area (Å²) in [4.78, 5) is 1.31. The van der Waals surface area contributed by atoms with Gasteiger partial charge in [-0.3, -0.25) is 0 Å². The van der Waals surface area contributed by atoms with Gasteiger partial charge in [0.05, 0.1) is 6.61 Å². The molecule has 4 heteroatoms. The highest BCUT2D eigenvalue weighted by molar-refractivity contribution is 7.99. The maximum atomic E-state index is 8.97. The molecule has 0 saturated heterocycles. The average Bonchev–Trinajstić information content (AvgIpc) is 2.49. The van der Waals surface area contributed by atoms with Crippen molar-refractivity contribution in [3.05, 3.63) is 54.1 Å². The van der Waals surface area contributed by atoms with E-state index in [1.54, 1.807) is 0 Å². The predicted molar refractivity (Wildman–Crippen MR) is 94.3 cm³/mol. The van der Waals surface area contributed by atoms with Gasteiger partial charge in [-0.1, -0.05) is 43.3 Å². The van der Waals surface area contributed by atoms with E-state index in [0.29, 0.717) is 6.42 Å². The second-order valence-corrected chi connectivity index (χ2v) is 6.14. The lowest BCUT2D eigenvalue weighted by Crippen LogP contribution is -2.26. The lowest BCUT2D eigenvalue weighted by atomic mass is 10.0. The molecule has 0 aliphatic carbocycles. The molecule has 0 aliphatic rings. The Morgan fingerprint density at radius 2 is 1.52 bits per heavy atom. The molecule has 0 radical (unpaired) electrons. The van der Waals surface area contributed by atoms with Crippen LogP contribution in [0.15, 0.2) is 53.4 Å². The smallest absolute Gasteiger partial charge is 0.0585 e. The number of hydrogen-bond donors (Lipinski definition) is 2. The maximum Gasteiger partial charge on any atom is 0.0585 e. The zero-order valence-electron chi connectivity index (χ0n) is 12.2. The first-order chi connectivity index (χ1) is 9.72. The number of nitrogens with two attached hydrogens (primary N) is 1. The number of hydrogen-bond acceptors (Lipinski definition) is 3. The molecule has 0 aromatic heterocycles. The lowest BCUT2D eigenvalue weighted by Gasteiger charge is -2.09. The summed E-state index contributed by atoms with van der Waals surface area (Å²) in [7, 11) is 0. The fraction of sp³-hybridized carbons (Fsp3) is 0.294. The van der Waals surface area contributed by atoms with Crippen LogP contribution in [-0.2, 0) is 6.42 Å². The Kier molecular flexibility index (Phi) is 7.83. The van der Waals surface area contributed by atoms with Gasteiger partial charge >= 0.3 is 0 Å². The molecule has 3 N–H and O–H groups in total. The first-order valence-corrected chi connectivity index (χ1v) is 7.90. The Morgan fingerprint density at radius 1 is 1.00 bits per heavy atom. The van der Waals surface area contributed by atoms with E-state index < -0.39 is 0 Å². The standard InChI is InChI=1S/C17H21NOS.ClH/c1-2-20-17-9-7-15(8-10-17)14-5-3-13(4-6-14)11-16(18)12-19;/h3-10,16,19H,2,11-12,18H2,1H3;1H. The van der Waals surface area contributed by atoms with Crippen LogP contribution in [0.25, 0.3) is 11.1 Å². The Balaban J connectivity index is 0.00000220. The predicted octanol–water partition coefficient (Wildman–Crippen LogP) is 3.75. The van der Waals surface area contributed by atoms with Crippen LogP contribution < -0.4 is 5.73 Å². The Hall–Kier alpha value is -1.00. The van der Waals surface area contributed by atoms with Gasteiger partial charge in [-0.15, -0.1) is 24.2 Å². The molecule has 0 spiro atoms. The summed E-state index contributed by atoms with van der Waals surface area (Å²) in [5, 5.41) is 8.97. The molecule has 1 unspecified atom stereocenters. The summed E-state index contributed by atoms with van der Waals surface area (Å²) in [6.45, 7) is 2.19. The monoisotopic (exact) mass is 323 g/mol. The highest BCUT2D eigenvalue weighted by Gasteiger charge is 2.03. The van der Waals surface area contributed by atoms with Gasteiger partial charge < -0.3 is 10.8 Å². The molecule has 2 aromatic rings. The summed E-state index contributed by atoms with van der Waals surface area (Å²) in [5.41, 5.74) is 9.34. The van der Waals surface area contributed by atoms with E-state index in [2.05, 4.69) is 55.5 Å². The normalized spacial score (nSPS) is 11.8. The molecule has 114 valence electrons. The average molecular weight is 324 g/mol. The van der Waals surface area contributed by atoms with Crippen LogP contribution in [0.2, 0.25) is 0 Å². The van der Waals surface area contributed by atoms with Crippen molar-refractivity contribution in [2.75, 3.05) is 12.4 Å². The molecule has 0 heterocycles. The zero-order valence-corrected chi connectivity index (χ0v) is 13.8. The molecule has 1 atom stereocenters. The number of rotatable bonds is 6. The highest BCUT2D eigenvalue weighted by atomic mass is 35.5. The third-order valence-electron chi connectivity index (χ3n) is 3.18. The van der Waals surface area contributed by atoms with Crippen molar-refractivity contribution in [3.63, 3.8) is 0 Å². The van der Waals surface area contributed by atoms with E-state index >= 15 is 0 Å². The number of halogens is 1. The van der Waals surface area contributed by atoms with Gasteiger partial charge in [0.15, 0.2) is 0 Å². The lowest BCUT2D eigenvalue weighted by molar-refractivity contribution is 0.265. The van der Waals surface area contributed by atoms with Crippen molar-refractivity contribution in [1.29, 1.82) is 0 Å². The first-order valence-electron chi connectivity index (χ1n) is 6.91. The molecule has 0 bridgehead atoms. The second kappa shape index (κ2) is 9.11. The minimum Gasteiger partial charge on any atom is -0.395 e. The molecule has 0 saturated carbocycles. The summed E-state index contributed by atoms with van der Waals surface area (Å²) in [5.74, 6) is 1.10. The van der Waals surface area contributed by atoms with E-state index in [-0.39, 0.29) is 25.1 Å². The minimum atomic E-state index is -0.175. The molecular weight excluding hydrogens is 302 g/mol. The third kappa shape index (κ3) is 5.36. The van der Waals surface area contributed by atoms with Gasteiger partial charge in [-0.05, 0) is 41.0 Å². The molecule has 0 aliphatic heterocycles. The van der Waals surface area contributed by atoms with E-state index in [9.17, 15) is 0 Å². The summed E-state index contributed by atoms with van der Waals surface area (Å²) < 4.78 is 0.